The molecule has 0 aliphatic carbocycles. The quantitative estimate of drug-likeness (QED) is 0.396. The van der Waals surface area contributed by atoms with Crippen LogP contribution in [0.25, 0.3) is 27.7 Å². The van der Waals surface area contributed by atoms with Crippen molar-refractivity contribution in [2.75, 3.05) is 19.8 Å². The first-order valence-corrected chi connectivity index (χ1v) is 11.2. The van der Waals surface area contributed by atoms with Gasteiger partial charge in [-0.3, -0.25) is 0 Å². The molecule has 2 N–H and O–H groups in total. The number of hydrogen-bond donors (Lipinski definition) is 2. The Morgan fingerprint density at radius 3 is 2.41 bits per heavy atom. The molecular formula is C27H24FNO5. The van der Waals surface area contributed by atoms with E-state index in [1.54, 1.807) is 36.4 Å². The molecule has 1 aromatic heterocycles. The fourth-order valence-electron chi connectivity index (χ4n) is 4.72. The van der Waals surface area contributed by atoms with Crippen molar-refractivity contribution in [3.05, 3.63) is 78.2 Å². The van der Waals surface area contributed by atoms with Crippen molar-refractivity contribution in [1.29, 1.82) is 0 Å². The summed E-state index contributed by atoms with van der Waals surface area (Å²) in [4.78, 5) is 10.8. The lowest BCUT2D eigenvalue weighted by Gasteiger charge is -2.26. The van der Waals surface area contributed by atoms with Crippen LogP contribution in [-0.2, 0) is 9.53 Å². The number of carboxylic acid groups (broad SMARTS) is 1. The van der Waals surface area contributed by atoms with Crippen molar-refractivity contribution in [2.45, 2.75) is 18.8 Å². The van der Waals surface area contributed by atoms with Crippen LogP contribution in [0.2, 0.25) is 0 Å². The Kier molecular flexibility index (Phi) is 5.94. The van der Waals surface area contributed by atoms with Crippen LogP contribution < -0.4 is 4.74 Å². The number of aromatic nitrogens is 1. The molecule has 0 saturated carbocycles. The van der Waals surface area contributed by atoms with E-state index in [4.69, 9.17) is 14.6 Å². The Bertz CT molecular complexity index is 1320. The number of halogens is 1. The number of fused-ring (bicyclic) bond motifs is 1. The summed E-state index contributed by atoms with van der Waals surface area (Å²) in [7, 11) is 0. The van der Waals surface area contributed by atoms with Gasteiger partial charge in [-0.25, -0.2) is 9.18 Å². The molecule has 4 aromatic rings. The van der Waals surface area contributed by atoms with Gasteiger partial charge in [0.05, 0.1) is 5.52 Å². The SMILES string of the molecule is O=C(O)COc1ccc(-c2c(C3CCOCC3)n(-c3ccc(F)cc3)c3cccc(O)c23)cc1. The number of carbonyl (C=O) groups is 1. The van der Waals surface area contributed by atoms with Crippen LogP contribution in [0.5, 0.6) is 11.5 Å². The zero-order valence-electron chi connectivity index (χ0n) is 18.4. The summed E-state index contributed by atoms with van der Waals surface area (Å²) in [6.45, 7) is 0.864. The van der Waals surface area contributed by atoms with E-state index in [9.17, 15) is 14.3 Å². The average Bonchev–Trinajstić information content (AvgIpc) is 3.20. The minimum Gasteiger partial charge on any atom is -0.507 e. The molecule has 1 aliphatic rings. The summed E-state index contributed by atoms with van der Waals surface area (Å²) >= 11 is 0. The van der Waals surface area contributed by atoms with Crippen molar-refractivity contribution in [3.63, 3.8) is 0 Å². The first kappa shape index (κ1) is 22.0. The molecule has 34 heavy (non-hydrogen) atoms. The number of rotatable bonds is 6. The molecule has 5 rings (SSSR count). The van der Waals surface area contributed by atoms with Gasteiger partial charge in [-0.05, 0) is 66.9 Å². The number of aromatic hydroxyl groups is 1. The number of ether oxygens (including phenoxy) is 2. The lowest BCUT2D eigenvalue weighted by Crippen LogP contribution is -2.17. The second-order valence-electron chi connectivity index (χ2n) is 8.34. The highest BCUT2D eigenvalue weighted by molar-refractivity contribution is 6.03. The molecule has 2 heterocycles. The Balaban J connectivity index is 1.75. The van der Waals surface area contributed by atoms with E-state index in [-0.39, 0.29) is 17.5 Å². The summed E-state index contributed by atoms with van der Waals surface area (Å²) in [5.41, 5.74) is 4.44. The summed E-state index contributed by atoms with van der Waals surface area (Å²) < 4.78 is 26.8. The van der Waals surface area contributed by atoms with Crippen LogP contribution >= 0.6 is 0 Å². The molecule has 0 atom stereocenters. The molecule has 0 radical (unpaired) electrons. The minimum absolute atomic E-state index is 0.160. The van der Waals surface area contributed by atoms with Crippen LogP contribution in [0.1, 0.15) is 24.5 Å². The smallest absolute Gasteiger partial charge is 0.341 e. The van der Waals surface area contributed by atoms with E-state index in [0.717, 1.165) is 40.9 Å². The van der Waals surface area contributed by atoms with Crippen LogP contribution in [0, 0.1) is 5.82 Å². The molecule has 6 nitrogen and oxygen atoms in total. The number of hydrogen-bond acceptors (Lipinski definition) is 4. The lowest BCUT2D eigenvalue weighted by atomic mass is 9.90. The van der Waals surface area contributed by atoms with Crippen LogP contribution in [-0.4, -0.2) is 40.6 Å². The van der Waals surface area contributed by atoms with Crippen molar-refractivity contribution >= 4 is 16.9 Å². The molecular weight excluding hydrogens is 437 g/mol. The van der Waals surface area contributed by atoms with Crippen molar-refractivity contribution in [3.8, 4) is 28.3 Å². The van der Waals surface area contributed by atoms with E-state index in [1.807, 2.05) is 18.2 Å². The highest BCUT2D eigenvalue weighted by Crippen LogP contribution is 2.46. The van der Waals surface area contributed by atoms with Crippen LogP contribution in [0.4, 0.5) is 4.39 Å². The second-order valence-corrected chi connectivity index (χ2v) is 8.34. The van der Waals surface area contributed by atoms with Gasteiger partial charge in [-0.15, -0.1) is 0 Å². The summed E-state index contributed by atoms with van der Waals surface area (Å²) in [6, 6.07) is 19.0. The van der Waals surface area contributed by atoms with Crippen LogP contribution in [0.15, 0.2) is 66.7 Å². The molecule has 3 aromatic carbocycles. The Hall–Kier alpha value is -3.84. The van der Waals surface area contributed by atoms with E-state index >= 15 is 0 Å². The summed E-state index contributed by atoms with van der Waals surface area (Å²) in [6.07, 6.45) is 1.65. The van der Waals surface area contributed by atoms with E-state index in [0.29, 0.717) is 24.3 Å². The molecule has 1 fully saturated rings. The molecule has 1 saturated heterocycles. The fraction of sp³-hybridized carbons (Fsp3) is 0.222. The molecule has 174 valence electrons. The van der Waals surface area contributed by atoms with Gasteiger partial charge < -0.3 is 24.3 Å². The zero-order chi connectivity index (χ0) is 23.7. The monoisotopic (exact) mass is 461 g/mol. The highest BCUT2D eigenvalue weighted by Gasteiger charge is 2.29. The molecule has 7 heteroatoms. The number of phenols is 1. The Morgan fingerprint density at radius 1 is 1.03 bits per heavy atom. The number of aliphatic carboxylic acids is 1. The van der Waals surface area contributed by atoms with Crippen molar-refractivity contribution < 1.29 is 28.9 Å². The van der Waals surface area contributed by atoms with Gasteiger partial charge in [0.15, 0.2) is 6.61 Å². The number of carboxylic acids is 1. The highest BCUT2D eigenvalue weighted by atomic mass is 19.1. The number of phenolic OH excluding ortho intramolecular Hbond substituents is 1. The average molecular weight is 461 g/mol. The van der Waals surface area contributed by atoms with Gasteiger partial charge in [-0.2, -0.15) is 0 Å². The van der Waals surface area contributed by atoms with Crippen molar-refractivity contribution in [1.82, 2.24) is 4.57 Å². The largest absolute Gasteiger partial charge is 0.507 e. The number of nitrogens with zero attached hydrogens (tertiary/aromatic N) is 1. The van der Waals surface area contributed by atoms with Gasteiger partial charge in [0.25, 0.3) is 0 Å². The molecule has 0 spiro atoms. The van der Waals surface area contributed by atoms with Crippen molar-refractivity contribution in [2.24, 2.45) is 0 Å². The third-order valence-electron chi connectivity index (χ3n) is 6.21. The third-order valence-corrected chi connectivity index (χ3v) is 6.21. The van der Waals surface area contributed by atoms with Gasteiger partial charge in [0.1, 0.15) is 17.3 Å². The van der Waals surface area contributed by atoms with Gasteiger partial charge in [0.2, 0.25) is 0 Å². The van der Waals surface area contributed by atoms with Crippen LogP contribution in [0.3, 0.4) is 0 Å². The normalized spacial score (nSPS) is 14.4. The Labute approximate surface area is 195 Å². The molecule has 0 bridgehead atoms. The number of benzene rings is 3. The minimum atomic E-state index is -1.04. The maximum absolute atomic E-state index is 13.7. The molecule has 0 unspecified atom stereocenters. The van der Waals surface area contributed by atoms with E-state index in [1.165, 1.54) is 12.1 Å². The predicted octanol–water partition coefficient (Wildman–Crippen LogP) is 5.50. The summed E-state index contributed by atoms with van der Waals surface area (Å²) in [5, 5.41) is 20.5. The van der Waals surface area contributed by atoms with Gasteiger partial charge in [0, 0.05) is 41.5 Å². The lowest BCUT2D eigenvalue weighted by molar-refractivity contribution is -0.139. The van der Waals surface area contributed by atoms with E-state index in [2.05, 4.69) is 4.57 Å². The molecule has 0 amide bonds. The maximum atomic E-state index is 13.7. The zero-order valence-corrected chi connectivity index (χ0v) is 18.4. The first-order chi connectivity index (χ1) is 16.5. The maximum Gasteiger partial charge on any atom is 0.341 e. The molecule has 1 aliphatic heterocycles. The standard InChI is InChI=1S/C27H24FNO5/c28-19-6-8-20(9-7-19)29-22-2-1-3-23(30)26(22)25(27(29)18-12-14-33-15-13-18)17-4-10-21(11-5-17)34-16-24(31)32/h1-11,18,30H,12-16H2,(H,31,32). The van der Waals surface area contributed by atoms with Gasteiger partial charge >= 0.3 is 5.97 Å². The topological polar surface area (TPSA) is 80.9 Å². The Morgan fingerprint density at radius 2 is 1.74 bits per heavy atom. The fourth-order valence-corrected chi connectivity index (χ4v) is 4.72. The first-order valence-electron chi connectivity index (χ1n) is 11.2. The van der Waals surface area contributed by atoms with Gasteiger partial charge in [-0.1, -0.05) is 18.2 Å². The third kappa shape index (κ3) is 4.10. The van der Waals surface area contributed by atoms with E-state index < -0.39 is 12.6 Å². The second kappa shape index (κ2) is 9.19. The summed E-state index contributed by atoms with van der Waals surface area (Å²) in [5.74, 6) is -0.576. The predicted molar refractivity (Wildman–Crippen MR) is 126 cm³/mol.